The Morgan fingerprint density at radius 2 is 1.97 bits per heavy atom. The van der Waals surface area contributed by atoms with Gasteiger partial charge < -0.3 is 14.2 Å². The van der Waals surface area contributed by atoms with Gasteiger partial charge in [-0.25, -0.2) is 9.79 Å². The van der Waals surface area contributed by atoms with Crippen molar-refractivity contribution in [1.82, 2.24) is 4.90 Å². The Morgan fingerprint density at radius 1 is 1.17 bits per heavy atom. The number of rotatable bonds is 9. The van der Waals surface area contributed by atoms with E-state index in [1.165, 1.54) is 11.8 Å². The van der Waals surface area contributed by atoms with E-state index < -0.39 is 12.0 Å². The molecule has 0 N–H and O–H groups in total. The SMILES string of the molecule is CCCCOc1ccc([C@@H]2C(C(=O)OCc3ccccc3)=C(C)N=C3SCCC(=O)N32)cc1OC. The second-order valence-electron chi connectivity index (χ2n) is 8.33. The van der Waals surface area contributed by atoms with Crippen LogP contribution < -0.4 is 9.47 Å². The monoisotopic (exact) mass is 494 g/mol. The van der Waals surface area contributed by atoms with Crippen molar-refractivity contribution in [2.24, 2.45) is 4.99 Å². The van der Waals surface area contributed by atoms with Crippen molar-refractivity contribution in [3.63, 3.8) is 0 Å². The molecule has 7 nitrogen and oxygen atoms in total. The lowest BCUT2D eigenvalue weighted by atomic mass is 9.93. The predicted octanol–water partition coefficient (Wildman–Crippen LogP) is 5.27. The Kier molecular flexibility index (Phi) is 8.13. The summed E-state index contributed by atoms with van der Waals surface area (Å²) in [5, 5.41) is 0.602. The van der Waals surface area contributed by atoms with Gasteiger partial charge in [0.2, 0.25) is 5.91 Å². The molecule has 2 heterocycles. The molecule has 0 spiro atoms. The summed E-state index contributed by atoms with van der Waals surface area (Å²) in [5.74, 6) is 1.27. The number of nitrogens with zero attached hydrogens (tertiary/aromatic N) is 2. The second-order valence-corrected chi connectivity index (χ2v) is 9.39. The second kappa shape index (κ2) is 11.4. The van der Waals surface area contributed by atoms with E-state index in [1.807, 2.05) is 48.5 Å². The number of hydrogen-bond acceptors (Lipinski definition) is 7. The molecule has 0 saturated carbocycles. The van der Waals surface area contributed by atoms with E-state index in [1.54, 1.807) is 18.9 Å². The molecule has 2 aromatic rings. The molecular weight excluding hydrogens is 464 g/mol. The Hall–Kier alpha value is -3.26. The summed E-state index contributed by atoms with van der Waals surface area (Å²) in [6, 6.07) is 14.4. The number of hydrogen-bond donors (Lipinski definition) is 0. The van der Waals surface area contributed by atoms with Crippen LogP contribution in [0.15, 0.2) is 64.8 Å². The average molecular weight is 495 g/mol. The lowest BCUT2D eigenvalue weighted by molar-refractivity contribution is -0.141. The van der Waals surface area contributed by atoms with Gasteiger partial charge in [0.15, 0.2) is 16.7 Å². The Bertz CT molecular complexity index is 1150. The largest absolute Gasteiger partial charge is 0.493 e. The van der Waals surface area contributed by atoms with E-state index in [0.717, 1.165) is 24.0 Å². The fourth-order valence-corrected chi connectivity index (χ4v) is 5.08. The fourth-order valence-electron chi connectivity index (χ4n) is 4.07. The van der Waals surface area contributed by atoms with Gasteiger partial charge in [-0.1, -0.05) is 61.5 Å². The van der Waals surface area contributed by atoms with Crippen LogP contribution >= 0.6 is 11.8 Å². The van der Waals surface area contributed by atoms with Crippen molar-refractivity contribution >= 4 is 28.8 Å². The summed E-state index contributed by atoms with van der Waals surface area (Å²) in [6.07, 6.45) is 2.34. The quantitative estimate of drug-likeness (QED) is 0.349. The molecule has 8 heteroatoms. The smallest absolute Gasteiger partial charge is 0.338 e. The first kappa shape index (κ1) is 24.9. The predicted molar refractivity (Wildman–Crippen MR) is 136 cm³/mol. The van der Waals surface area contributed by atoms with Crippen LogP contribution in [0.4, 0.5) is 0 Å². The Balaban J connectivity index is 1.70. The van der Waals surface area contributed by atoms with Crippen LogP contribution in [0.5, 0.6) is 11.5 Å². The van der Waals surface area contributed by atoms with Crippen molar-refractivity contribution in [3.8, 4) is 11.5 Å². The molecular formula is C27H30N2O5S. The van der Waals surface area contributed by atoms with Crippen LogP contribution in [-0.2, 0) is 20.9 Å². The van der Waals surface area contributed by atoms with E-state index in [4.69, 9.17) is 14.2 Å². The number of benzene rings is 2. The lowest BCUT2D eigenvalue weighted by Crippen LogP contribution is -2.45. The fraction of sp³-hybridized carbons (Fsp3) is 0.370. The van der Waals surface area contributed by atoms with Crippen LogP contribution in [-0.4, -0.2) is 41.4 Å². The molecule has 1 atom stereocenters. The van der Waals surface area contributed by atoms with E-state index >= 15 is 0 Å². The molecule has 0 bridgehead atoms. The summed E-state index contributed by atoms with van der Waals surface area (Å²) in [7, 11) is 1.58. The maximum Gasteiger partial charge on any atom is 0.338 e. The number of thioether (sulfide) groups is 1. The first-order valence-corrected chi connectivity index (χ1v) is 12.8. The highest BCUT2D eigenvalue weighted by molar-refractivity contribution is 8.14. The summed E-state index contributed by atoms with van der Waals surface area (Å²) in [6.45, 7) is 4.61. The van der Waals surface area contributed by atoms with Crippen molar-refractivity contribution in [3.05, 3.63) is 70.9 Å². The van der Waals surface area contributed by atoms with Crippen LogP contribution in [0, 0.1) is 0 Å². The highest BCUT2D eigenvalue weighted by Crippen LogP contribution is 2.42. The molecule has 2 aliphatic rings. The van der Waals surface area contributed by atoms with Crippen molar-refractivity contribution in [1.29, 1.82) is 0 Å². The van der Waals surface area contributed by atoms with Crippen molar-refractivity contribution < 1.29 is 23.8 Å². The lowest BCUT2D eigenvalue weighted by Gasteiger charge is -2.39. The standard InChI is InChI=1S/C27H30N2O5S/c1-4-5-14-33-21-12-11-20(16-22(21)32-3)25-24(26(31)34-17-19-9-7-6-8-10-19)18(2)28-27-29(25)23(30)13-15-35-27/h6-12,16,25H,4-5,13-15,17H2,1-3H3/t25-/m1/s1. The molecule has 4 rings (SSSR count). The number of unbranched alkanes of at least 4 members (excludes halogenated alkanes) is 1. The van der Waals surface area contributed by atoms with Gasteiger partial charge in [0.25, 0.3) is 0 Å². The zero-order valence-electron chi connectivity index (χ0n) is 20.3. The summed E-state index contributed by atoms with van der Waals surface area (Å²) >= 11 is 1.52. The van der Waals surface area contributed by atoms with E-state index in [-0.39, 0.29) is 12.5 Å². The number of carbonyl (C=O) groups excluding carboxylic acids is 2. The van der Waals surface area contributed by atoms with E-state index in [2.05, 4.69) is 11.9 Å². The van der Waals surface area contributed by atoms with Gasteiger partial charge in [0.1, 0.15) is 6.61 Å². The number of aliphatic imine (C=N–C) groups is 1. The molecule has 184 valence electrons. The average Bonchev–Trinajstić information content (AvgIpc) is 2.87. The zero-order valence-corrected chi connectivity index (χ0v) is 21.1. The normalized spacial score (nSPS) is 17.6. The molecule has 1 fully saturated rings. The van der Waals surface area contributed by atoms with E-state index in [9.17, 15) is 9.59 Å². The number of esters is 1. The Labute approximate surface area is 210 Å². The number of allylic oxidation sites excluding steroid dienone is 1. The molecule has 0 radical (unpaired) electrons. The molecule has 0 aromatic heterocycles. The maximum absolute atomic E-state index is 13.4. The highest BCUT2D eigenvalue weighted by Gasteiger charge is 2.42. The third-order valence-corrected chi connectivity index (χ3v) is 6.85. The number of carbonyl (C=O) groups is 2. The number of amides is 1. The van der Waals surface area contributed by atoms with Crippen LogP contribution in [0.1, 0.15) is 50.3 Å². The summed E-state index contributed by atoms with van der Waals surface area (Å²) < 4.78 is 17.2. The van der Waals surface area contributed by atoms with Gasteiger partial charge in [-0.3, -0.25) is 9.69 Å². The number of amidine groups is 1. The van der Waals surface area contributed by atoms with Crippen LogP contribution in [0.25, 0.3) is 0 Å². The molecule has 2 aliphatic heterocycles. The zero-order chi connectivity index (χ0) is 24.8. The van der Waals surface area contributed by atoms with Crippen molar-refractivity contribution in [2.75, 3.05) is 19.5 Å². The van der Waals surface area contributed by atoms with Gasteiger partial charge in [-0.2, -0.15) is 0 Å². The molecule has 0 aliphatic carbocycles. The number of ether oxygens (including phenoxy) is 3. The van der Waals surface area contributed by atoms with Gasteiger partial charge in [0.05, 0.1) is 31.0 Å². The highest BCUT2D eigenvalue weighted by atomic mass is 32.2. The van der Waals surface area contributed by atoms with Gasteiger partial charge in [0, 0.05) is 12.2 Å². The minimum Gasteiger partial charge on any atom is -0.493 e. The third kappa shape index (κ3) is 5.53. The first-order valence-electron chi connectivity index (χ1n) is 11.8. The first-order chi connectivity index (χ1) is 17.0. The molecule has 0 unspecified atom stereocenters. The molecule has 35 heavy (non-hydrogen) atoms. The van der Waals surface area contributed by atoms with Crippen LogP contribution in [0.3, 0.4) is 0 Å². The maximum atomic E-state index is 13.4. The van der Waals surface area contributed by atoms with Crippen molar-refractivity contribution in [2.45, 2.75) is 45.8 Å². The minimum atomic E-state index is -0.662. The van der Waals surface area contributed by atoms with Gasteiger partial charge in [-0.15, -0.1) is 0 Å². The number of fused-ring (bicyclic) bond motifs is 1. The van der Waals surface area contributed by atoms with Crippen LogP contribution in [0.2, 0.25) is 0 Å². The summed E-state index contributed by atoms with van der Waals surface area (Å²) in [4.78, 5) is 32.7. The number of methoxy groups -OCH3 is 1. The topological polar surface area (TPSA) is 77.4 Å². The molecule has 2 aromatic carbocycles. The minimum absolute atomic E-state index is 0.0735. The molecule has 1 amide bonds. The molecule has 1 saturated heterocycles. The van der Waals surface area contributed by atoms with E-state index in [0.29, 0.717) is 46.7 Å². The van der Waals surface area contributed by atoms with Gasteiger partial charge >= 0.3 is 5.97 Å². The van der Waals surface area contributed by atoms with Gasteiger partial charge in [-0.05, 0) is 36.6 Å². The Morgan fingerprint density at radius 3 is 2.71 bits per heavy atom. The summed E-state index contributed by atoms with van der Waals surface area (Å²) in [5.41, 5.74) is 2.51. The third-order valence-electron chi connectivity index (χ3n) is 5.90.